The number of nitrogens with zero attached hydrogens (tertiary/aromatic N) is 2. The summed E-state index contributed by atoms with van der Waals surface area (Å²) in [5.74, 6) is 1.92. The van der Waals surface area contributed by atoms with Gasteiger partial charge in [0.1, 0.15) is 16.0 Å². The van der Waals surface area contributed by atoms with Crippen molar-refractivity contribution in [3.63, 3.8) is 0 Å². The molecule has 31 heavy (non-hydrogen) atoms. The molecule has 0 bridgehead atoms. The lowest BCUT2D eigenvalue weighted by Crippen LogP contribution is -2.41. The van der Waals surface area contributed by atoms with Gasteiger partial charge in [-0.05, 0) is 91.0 Å². The van der Waals surface area contributed by atoms with E-state index in [9.17, 15) is 4.79 Å². The quantitative estimate of drug-likeness (QED) is 0.534. The molecule has 2 aromatic carbocycles. The first-order valence-corrected chi connectivity index (χ1v) is 12.0. The van der Waals surface area contributed by atoms with Crippen LogP contribution in [-0.2, 0) is 11.3 Å². The molecule has 0 atom stereocenters. The molecule has 2 aliphatic rings. The summed E-state index contributed by atoms with van der Waals surface area (Å²) in [4.78, 5) is 17.2. The number of ether oxygens (including phenoxy) is 2. The van der Waals surface area contributed by atoms with Crippen molar-refractivity contribution in [2.75, 3.05) is 37.7 Å². The van der Waals surface area contributed by atoms with Crippen LogP contribution in [0.1, 0.15) is 38.7 Å². The zero-order valence-electron chi connectivity index (χ0n) is 18.4. The van der Waals surface area contributed by atoms with Crippen molar-refractivity contribution in [1.29, 1.82) is 0 Å². The van der Waals surface area contributed by atoms with Crippen LogP contribution in [0.4, 0.5) is 5.69 Å². The lowest BCUT2D eigenvalue weighted by atomic mass is 9.77. The van der Waals surface area contributed by atoms with Crippen LogP contribution >= 0.6 is 15.9 Å². The van der Waals surface area contributed by atoms with Gasteiger partial charge in [-0.3, -0.25) is 9.69 Å². The largest absolute Gasteiger partial charge is 0.493 e. The number of benzene rings is 2. The van der Waals surface area contributed by atoms with Gasteiger partial charge in [0.05, 0.1) is 13.2 Å². The molecule has 0 saturated carbocycles. The predicted octanol–water partition coefficient (Wildman–Crippen LogP) is 5.27. The number of rotatable bonds is 7. The maximum Gasteiger partial charge on any atom is 0.227 e. The Balaban J connectivity index is 1.41. The van der Waals surface area contributed by atoms with Crippen LogP contribution in [0.15, 0.2) is 46.9 Å². The zero-order valence-corrected chi connectivity index (χ0v) is 20.0. The lowest BCUT2D eigenvalue weighted by Gasteiger charge is -2.39. The van der Waals surface area contributed by atoms with Crippen LogP contribution in [0.3, 0.4) is 0 Å². The summed E-state index contributed by atoms with van der Waals surface area (Å²) in [6.07, 6.45) is 2.77. The van der Waals surface area contributed by atoms with Gasteiger partial charge >= 0.3 is 0 Å². The summed E-state index contributed by atoms with van der Waals surface area (Å²) in [5.41, 5.74) is 2.32. The van der Waals surface area contributed by atoms with Crippen molar-refractivity contribution in [3.05, 3.63) is 52.5 Å². The number of amides is 1. The van der Waals surface area contributed by atoms with Crippen LogP contribution in [0, 0.1) is 5.41 Å². The molecule has 2 saturated heterocycles. The maximum atomic E-state index is 12.7. The summed E-state index contributed by atoms with van der Waals surface area (Å²) in [7, 11) is 0. The number of likely N-dealkylation sites (tertiary alicyclic amines) is 1. The highest BCUT2D eigenvalue weighted by molar-refractivity contribution is 9.10. The fourth-order valence-corrected chi connectivity index (χ4v) is 5.21. The molecule has 0 unspecified atom stereocenters. The van der Waals surface area contributed by atoms with Crippen molar-refractivity contribution in [1.82, 2.24) is 4.90 Å². The van der Waals surface area contributed by atoms with E-state index in [0.29, 0.717) is 19.6 Å². The molecular formula is C25H31BrN2O3. The van der Waals surface area contributed by atoms with Crippen LogP contribution < -0.4 is 14.4 Å². The fraction of sp³-hybridized carbons (Fsp3) is 0.480. The Bertz CT molecular complexity index is 883. The molecule has 1 spiro atoms. The topological polar surface area (TPSA) is 42.0 Å². The Morgan fingerprint density at radius 1 is 1.00 bits per heavy atom. The minimum absolute atomic E-state index is 0.107. The highest BCUT2D eigenvalue weighted by Gasteiger charge is 2.45. The molecule has 0 radical (unpaired) electrons. The first-order chi connectivity index (χ1) is 15.0. The minimum Gasteiger partial charge on any atom is -0.493 e. The van der Waals surface area contributed by atoms with Gasteiger partial charge in [0.15, 0.2) is 0 Å². The second kappa shape index (κ2) is 9.61. The molecule has 0 aliphatic carbocycles. The van der Waals surface area contributed by atoms with Gasteiger partial charge in [0.25, 0.3) is 0 Å². The van der Waals surface area contributed by atoms with E-state index in [-0.39, 0.29) is 11.3 Å². The van der Waals surface area contributed by atoms with E-state index in [4.69, 9.17) is 9.47 Å². The van der Waals surface area contributed by atoms with Crippen LogP contribution in [-0.4, -0.2) is 43.7 Å². The molecule has 2 fully saturated rings. The standard InChI is InChI=1S/C25H31BrN2O3/c1-3-30-21-14-19(15-22(24(21)26)31-4-2)17-27-12-10-25(11-13-27)16-23(29)28(18-25)20-8-6-5-7-9-20/h5-9,14-15H,3-4,10-13,16-18H2,1-2H3. The van der Waals surface area contributed by atoms with Gasteiger partial charge in [-0.1, -0.05) is 18.2 Å². The third-order valence-electron chi connectivity index (χ3n) is 6.38. The number of carbonyl (C=O) groups excluding carboxylic acids is 1. The molecule has 0 aromatic heterocycles. The Labute approximate surface area is 193 Å². The molecule has 6 heteroatoms. The monoisotopic (exact) mass is 486 g/mol. The predicted molar refractivity (Wildman–Crippen MR) is 127 cm³/mol. The lowest BCUT2D eigenvalue weighted by molar-refractivity contribution is -0.118. The second-order valence-corrected chi connectivity index (χ2v) is 9.33. The Morgan fingerprint density at radius 2 is 1.61 bits per heavy atom. The number of anilines is 1. The first-order valence-electron chi connectivity index (χ1n) is 11.2. The van der Waals surface area contributed by atoms with Gasteiger partial charge in [0.2, 0.25) is 5.91 Å². The third kappa shape index (κ3) is 4.90. The molecule has 2 heterocycles. The van der Waals surface area contributed by atoms with Crippen LogP contribution in [0.2, 0.25) is 0 Å². The average Bonchev–Trinajstić information content (AvgIpc) is 3.10. The Kier molecular flexibility index (Phi) is 6.87. The summed E-state index contributed by atoms with van der Waals surface area (Å²) < 4.78 is 12.5. The third-order valence-corrected chi connectivity index (χ3v) is 7.16. The van der Waals surface area contributed by atoms with E-state index in [1.165, 1.54) is 5.56 Å². The van der Waals surface area contributed by atoms with Gasteiger partial charge in [-0.15, -0.1) is 0 Å². The molecule has 1 amide bonds. The minimum atomic E-state index is 0.107. The summed E-state index contributed by atoms with van der Waals surface area (Å²) in [6, 6.07) is 14.3. The summed E-state index contributed by atoms with van der Waals surface area (Å²) >= 11 is 3.61. The normalized spacial score (nSPS) is 18.5. The van der Waals surface area contributed by atoms with E-state index in [0.717, 1.165) is 60.7 Å². The van der Waals surface area contributed by atoms with Crippen LogP contribution in [0.25, 0.3) is 0 Å². The Morgan fingerprint density at radius 3 is 2.19 bits per heavy atom. The highest BCUT2D eigenvalue weighted by atomic mass is 79.9. The number of carbonyl (C=O) groups is 1. The molecule has 4 rings (SSSR count). The molecule has 0 N–H and O–H groups in total. The average molecular weight is 487 g/mol. The van der Waals surface area contributed by atoms with E-state index in [1.807, 2.05) is 49.1 Å². The molecule has 2 aliphatic heterocycles. The summed E-state index contributed by atoms with van der Waals surface area (Å²) in [6.45, 7) is 8.92. The zero-order chi connectivity index (χ0) is 21.8. The molecule has 2 aromatic rings. The van der Waals surface area contributed by atoms with E-state index in [1.54, 1.807) is 0 Å². The highest BCUT2D eigenvalue weighted by Crippen LogP contribution is 2.43. The SMILES string of the molecule is CCOc1cc(CN2CCC3(CC2)CC(=O)N(c2ccccc2)C3)cc(OCC)c1Br. The second-order valence-electron chi connectivity index (χ2n) is 8.54. The number of halogens is 1. The molecule has 166 valence electrons. The van der Waals surface area contributed by atoms with Gasteiger partial charge < -0.3 is 14.4 Å². The number of hydrogen-bond acceptors (Lipinski definition) is 4. The first kappa shape index (κ1) is 22.2. The van der Waals surface area contributed by atoms with Crippen molar-refractivity contribution >= 4 is 27.5 Å². The fourth-order valence-electron chi connectivity index (χ4n) is 4.76. The van der Waals surface area contributed by atoms with Gasteiger partial charge in [-0.2, -0.15) is 0 Å². The maximum absolute atomic E-state index is 12.7. The van der Waals surface area contributed by atoms with Crippen molar-refractivity contribution in [2.45, 2.75) is 39.7 Å². The van der Waals surface area contributed by atoms with Gasteiger partial charge in [-0.25, -0.2) is 0 Å². The van der Waals surface area contributed by atoms with Crippen LogP contribution in [0.5, 0.6) is 11.5 Å². The van der Waals surface area contributed by atoms with E-state index in [2.05, 4.69) is 33.0 Å². The smallest absolute Gasteiger partial charge is 0.227 e. The van der Waals surface area contributed by atoms with Crippen molar-refractivity contribution < 1.29 is 14.3 Å². The number of piperidine rings is 1. The Hall–Kier alpha value is -2.05. The molecule has 5 nitrogen and oxygen atoms in total. The summed E-state index contributed by atoms with van der Waals surface area (Å²) in [5, 5.41) is 0. The number of hydrogen-bond donors (Lipinski definition) is 0. The van der Waals surface area contributed by atoms with E-state index < -0.39 is 0 Å². The van der Waals surface area contributed by atoms with Gasteiger partial charge in [0, 0.05) is 25.2 Å². The number of para-hydroxylation sites is 1. The van der Waals surface area contributed by atoms with Crippen molar-refractivity contribution in [3.8, 4) is 11.5 Å². The molecular weight excluding hydrogens is 456 g/mol. The van der Waals surface area contributed by atoms with Crippen molar-refractivity contribution in [2.24, 2.45) is 5.41 Å². The van der Waals surface area contributed by atoms with E-state index >= 15 is 0 Å².